The first kappa shape index (κ1) is 17.8. The Hall–Kier alpha value is -2.00. The van der Waals surface area contributed by atoms with Crippen molar-refractivity contribution < 1.29 is 14.7 Å². The Bertz CT molecular complexity index is 825. The summed E-state index contributed by atoms with van der Waals surface area (Å²) in [4.78, 5) is 27.2. The Morgan fingerprint density at radius 2 is 1.56 bits per heavy atom. The predicted octanol–water partition coefficient (Wildman–Crippen LogP) is 2.89. The molecular weight excluding hydrogens is 376 g/mol. The average Bonchev–Trinajstić information content (AvgIpc) is 3.39. The van der Waals surface area contributed by atoms with Crippen LogP contribution in [0.4, 0.5) is 0 Å². The highest BCUT2D eigenvalue weighted by Gasteiger charge is 2.16. The minimum Gasteiger partial charge on any atom is -0.382 e. The van der Waals surface area contributed by atoms with E-state index in [1.54, 1.807) is 0 Å². The van der Waals surface area contributed by atoms with E-state index >= 15 is 0 Å². The molecule has 5 nitrogen and oxygen atoms in total. The summed E-state index contributed by atoms with van der Waals surface area (Å²) in [7, 11) is 0. The lowest BCUT2D eigenvalue weighted by atomic mass is 10.2. The fraction of sp³-hybridized carbons (Fsp3) is 0.176. The molecule has 0 radical (unpaired) electrons. The Labute approximate surface area is 157 Å². The fourth-order valence-electron chi connectivity index (χ4n) is 2.13. The molecule has 0 aliphatic rings. The van der Waals surface area contributed by atoms with Crippen molar-refractivity contribution in [3.63, 3.8) is 0 Å². The lowest BCUT2D eigenvalue weighted by Crippen LogP contribution is -2.39. The van der Waals surface area contributed by atoms with Gasteiger partial charge in [0, 0.05) is 19.5 Å². The Kier molecular flexibility index (Phi) is 5.98. The molecule has 8 heteroatoms. The summed E-state index contributed by atoms with van der Waals surface area (Å²) in [6.45, 7) is 0.604. The van der Waals surface area contributed by atoms with Gasteiger partial charge in [0.25, 0.3) is 0 Å². The largest absolute Gasteiger partial charge is 0.382 e. The number of amides is 2. The molecule has 25 heavy (non-hydrogen) atoms. The second-order valence-electron chi connectivity index (χ2n) is 5.17. The number of thiophene rings is 3. The quantitative estimate of drug-likeness (QED) is 0.565. The van der Waals surface area contributed by atoms with Crippen LogP contribution in [0.3, 0.4) is 0 Å². The van der Waals surface area contributed by atoms with Gasteiger partial charge in [-0.3, -0.25) is 9.59 Å². The van der Waals surface area contributed by atoms with E-state index in [2.05, 4.69) is 10.6 Å². The third-order valence-electron chi connectivity index (χ3n) is 3.40. The highest BCUT2D eigenvalue weighted by Crippen LogP contribution is 2.30. The van der Waals surface area contributed by atoms with Crippen LogP contribution in [0.15, 0.2) is 47.2 Å². The molecule has 0 saturated heterocycles. The summed E-state index contributed by atoms with van der Waals surface area (Å²) in [5.41, 5.74) is 0. The first-order valence-corrected chi connectivity index (χ1v) is 10.1. The molecule has 0 aromatic carbocycles. The molecule has 1 unspecified atom stereocenters. The molecule has 0 saturated carbocycles. The molecule has 3 N–H and O–H groups in total. The highest BCUT2D eigenvalue weighted by molar-refractivity contribution is 7.13. The van der Waals surface area contributed by atoms with Gasteiger partial charge in [-0.2, -0.15) is 0 Å². The van der Waals surface area contributed by atoms with E-state index in [0.717, 1.165) is 19.5 Å². The van der Waals surface area contributed by atoms with Crippen molar-refractivity contribution in [2.24, 2.45) is 0 Å². The van der Waals surface area contributed by atoms with Gasteiger partial charge >= 0.3 is 11.8 Å². The van der Waals surface area contributed by atoms with Gasteiger partial charge in [-0.1, -0.05) is 12.1 Å². The Morgan fingerprint density at radius 3 is 2.20 bits per heavy atom. The zero-order valence-corrected chi connectivity index (χ0v) is 15.5. The van der Waals surface area contributed by atoms with Crippen LogP contribution >= 0.6 is 34.0 Å². The lowest BCUT2D eigenvalue weighted by Gasteiger charge is -2.06. The molecule has 2 amide bonds. The van der Waals surface area contributed by atoms with E-state index in [-0.39, 0.29) is 6.54 Å². The third-order valence-corrected chi connectivity index (χ3v) is 6.34. The number of aliphatic hydroxyl groups is 1. The second-order valence-corrected chi connectivity index (χ2v) is 8.38. The third kappa shape index (κ3) is 4.76. The summed E-state index contributed by atoms with van der Waals surface area (Å²) in [6.07, 6.45) is -0.649. The molecule has 3 aromatic rings. The number of carbonyl (C=O) groups excluding carboxylic acids is 2. The van der Waals surface area contributed by atoms with Crippen molar-refractivity contribution in [3.8, 4) is 0 Å². The van der Waals surface area contributed by atoms with Crippen molar-refractivity contribution in [1.82, 2.24) is 10.6 Å². The summed E-state index contributed by atoms with van der Waals surface area (Å²) in [6, 6.07) is 11.3. The maximum Gasteiger partial charge on any atom is 0.309 e. The minimum atomic E-state index is -0.662. The molecule has 0 spiro atoms. The van der Waals surface area contributed by atoms with Crippen LogP contribution in [0.25, 0.3) is 0 Å². The van der Waals surface area contributed by atoms with E-state index in [9.17, 15) is 14.7 Å². The van der Waals surface area contributed by atoms with E-state index in [4.69, 9.17) is 0 Å². The summed E-state index contributed by atoms with van der Waals surface area (Å²) in [5.74, 6) is -1.31. The standard InChI is InChI=1S/C17H16N2O3S3/c20-15(13-4-2-8-24-13)14-6-5-12(25-14)10-19-17(22)16(21)18-9-11-3-1-7-23-11/h1-8,15,20H,9-10H2,(H,18,21)(H,19,22). The number of rotatable bonds is 6. The first-order valence-electron chi connectivity index (χ1n) is 7.52. The van der Waals surface area contributed by atoms with Crippen molar-refractivity contribution in [2.75, 3.05) is 0 Å². The monoisotopic (exact) mass is 392 g/mol. The smallest absolute Gasteiger partial charge is 0.309 e. The zero-order valence-electron chi connectivity index (χ0n) is 13.1. The lowest BCUT2D eigenvalue weighted by molar-refractivity contribution is -0.139. The number of hydrogen-bond donors (Lipinski definition) is 3. The maximum absolute atomic E-state index is 11.8. The second kappa shape index (κ2) is 8.39. The highest BCUT2D eigenvalue weighted by atomic mass is 32.1. The molecule has 0 aliphatic carbocycles. The van der Waals surface area contributed by atoms with E-state index in [1.807, 2.05) is 47.2 Å². The van der Waals surface area contributed by atoms with Gasteiger partial charge in [0.2, 0.25) is 0 Å². The van der Waals surface area contributed by atoms with E-state index < -0.39 is 17.9 Å². The van der Waals surface area contributed by atoms with E-state index in [0.29, 0.717) is 6.54 Å². The van der Waals surface area contributed by atoms with Crippen molar-refractivity contribution in [2.45, 2.75) is 19.2 Å². The normalized spacial score (nSPS) is 11.9. The van der Waals surface area contributed by atoms with Crippen LogP contribution in [0.1, 0.15) is 25.6 Å². The minimum absolute atomic E-state index is 0.257. The van der Waals surface area contributed by atoms with Crippen molar-refractivity contribution in [3.05, 3.63) is 66.7 Å². The van der Waals surface area contributed by atoms with Gasteiger partial charge < -0.3 is 15.7 Å². The van der Waals surface area contributed by atoms with E-state index in [1.165, 1.54) is 34.0 Å². The molecule has 3 aromatic heterocycles. The van der Waals surface area contributed by atoms with Crippen LogP contribution in [-0.4, -0.2) is 16.9 Å². The van der Waals surface area contributed by atoms with Crippen LogP contribution < -0.4 is 10.6 Å². The molecule has 3 rings (SSSR count). The number of hydrogen-bond acceptors (Lipinski definition) is 6. The molecule has 0 fully saturated rings. The van der Waals surface area contributed by atoms with Gasteiger partial charge in [0.1, 0.15) is 6.10 Å². The van der Waals surface area contributed by atoms with Crippen molar-refractivity contribution >= 4 is 45.8 Å². The molecule has 1 atom stereocenters. The SMILES string of the molecule is O=C(NCc1cccs1)C(=O)NCc1ccc(C(O)c2cccs2)s1. The maximum atomic E-state index is 11.8. The molecular formula is C17H16N2O3S3. The van der Waals surface area contributed by atoms with Gasteiger partial charge in [-0.25, -0.2) is 0 Å². The Balaban J connectivity index is 1.48. The van der Waals surface area contributed by atoms with Gasteiger partial charge in [-0.15, -0.1) is 34.0 Å². The summed E-state index contributed by atoms with van der Waals surface area (Å²) in [5, 5.41) is 19.3. The van der Waals surface area contributed by atoms with Crippen LogP contribution in [-0.2, 0) is 22.7 Å². The van der Waals surface area contributed by atoms with Crippen LogP contribution in [0.5, 0.6) is 0 Å². The van der Waals surface area contributed by atoms with Gasteiger partial charge in [0.05, 0.1) is 13.1 Å². The summed E-state index contributed by atoms with van der Waals surface area (Å²) < 4.78 is 0. The first-order chi connectivity index (χ1) is 12.1. The number of nitrogens with one attached hydrogen (secondary N) is 2. The predicted molar refractivity (Wildman–Crippen MR) is 101 cm³/mol. The molecule has 130 valence electrons. The molecule has 0 bridgehead atoms. The van der Waals surface area contributed by atoms with Gasteiger partial charge in [-0.05, 0) is 35.0 Å². The van der Waals surface area contributed by atoms with Crippen LogP contribution in [0.2, 0.25) is 0 Å². The molecule has 0 aliphatic heterocycles. The zero-order chi connectivity index (χ0) is 17.6. The average molecular weight is 393 g/mol. The Morgan fingerprint density at radius 1 is 0.880 bits per heavy atom. The summed E-state index contributed by atoms with van der Waals surface area (Å²) >= 11 is 4.44. The number of aliphatic hydroxyl groups excluding tert-OH is 1. The van der Waals surface area contributed by atoms with Crippen molar-refractivity contribution in [1.29, 1.82) is 0 Å². The topological polar surface area (TPSA) is 78.4 Å². The fourth-order valence-corrected chi connectivity index (χ4v) is 4.54. The van der Waals surface area contributed by atoms with Gasteiger partial charge in [0.15, 0.2) is 0 Å². The van der Waals surface area contributed by atoms with Crippen LogP contribution in [0, 0.1) is 0 Å². The molecule has 3 heterocycles. The number of carbonyl (C=O) groups is 2.